The Balaban J connectivity index is 2.23. The molecule has 2 rings (SSSR count). The van der Waals surface area contributed by atoms with Crippen LogP contribution in [-0.2, 0) is 4.79 Å². The molecule has 1 atom stereocenters. The maximum atomic E-state index is 11.6. The van der Waals surface area contributed by atoms with E-state index in [0.29, 0.717) is 35.5 Å². The molecule has 0 saturated heterocycles. The van der Waals surface area contributed by atoms with Gasteiger partial charge in [0.25, 0.3) is 0 Å². The van der Waals surface area contributed by atoms with Gasteiger partial charge >= 0.3 is 0 Å². The molecule has 1 aromatic heterocycles. The molecule has 0 aliphatic carbocycles. The van der Waals surface area contributed by atoms with Gasteiger partial charge in [0.1, 0.15) is 16.5 Å². The second kappa shape index (κ2) is 7.24. The van der Waals surface area contributed by atoms with Crippen LogP contribution in [0, 0.1) is 0 Å². The number of aliphatic hydroxyl groups excluding tert-OH is 1. The van der Waals surface area contributed by atoms with Crippen molar-refractivity contribution in [3.63, 3.8) is 0 Å². The zero-order valence-corrected chi connectivity index (χ0v) is 12.7. The molecule has 6 nitrogen and oxygen atoms in total. The molecule has 1 heterocycles. The summed E-state index contributed by atoms with van der Waals surface area (Å²) in [4.78, 5) is 16.0. The molecular formula is C15H18N2O4S. The Labute approximate surface area is 131 Å². The Hall–Kier alpha value is -2.12. The molecule has 0 radical (unpaired) electrons. The summed E-state index contributed by atoms with van der Waals surface area (Å²) < 4.78 is 0. The van der Waals surface area contributed by atoms with E-state index in [-0.39, 0.29) is 18.1 Å². The molecule has 118 valence electrons. The number of rotatable bonds is 7. The predicted molar refractivity (Wildman–Crippen MR) is 83.8 cm³/mol. The van der Waals surface area contributed by atoms with Crippen LogP contribution in [0.1, 0.15) is 30.2 Å². The van der Waals surface area contributed by atoms with E-state index in [1.54, 1.807) is 11.4 Å². The number of benzene rings is 1. The van der Waals surface area contributed by atoms with Crippen LogP contribution >= 0.6 is 11.3 Å². The van der Waals surface area contributed by atoms with Crippen LogP contribution in [0.15, 0.2) is 23.6 Å². The van der Waals surface area contributed by atoms with Gasteiger partial charge in [-0.15, -0.1) is 11.3 Å². The lowest BCUT2D eigenvalue weighted by Crippen LogP contribution is -2.21. The van der Waals surface area contributed by atoms with Gasteiger partial charge in [0.15, 0.2) is 0 Å². The highest BCUT2D eigenvalue weighted by Gasteiger charge is 2.22. The fourth-order valence-corrected chi connectivity index (χ4v) is 3.12. The van der Waals surface area contributed by atoms with Crippen molar-refractivity contribution in [2.45, 2.75) is 25.2 Å². The van der Waals surface area contributed by atoms with E-state index in [1.165, 1.54) is 23.5 Å². The number of aliphatic hydroxyl groups is 1. The summed E-state index contributed by atoms with van der Waals surface area (Å²) in [6, 6.07) is 4.26. The number of nitrogens with two attached hydrogens (primary N) is 1. The molecule has 0 saturated carbocycles. The number of aromatic nitrogens is 1. The highest BCUT2D eigenvalue weighted by atomic mass is 32.1. The average molecular weight is 322 g/mol. The van der Waals surface area contributed by atoms with Gasteiger partial charge < -0.3 is 21.1 Å². The third-order valence-corrected chi connectivity index (χ3v) is 4.28. The Kier molecular flexibility index (Phi) is 5.35. The molecule has 0 bridgehead atoms. The van der Waals surface area contributed by atoms with Gasteiger partial charge in [-0.25, -0.2) is 4.98 Å². The quantitative estimate of drug-likeness (QED) is 0.581. The summed E-state index contributed by atoms with van der Waals surface area (Å²) in [5.74, 6) is -1.05. The summed E-state index contributed by atoms with van der Waals surface area (Å²) in [7, 11) is 0. The maximum Gasteiger partial charge on any atom is 0.227 e. The highest BCUT2D eigenvalue weighted by molar-refractivity contribution is 7.10. The summed E-state index contributed by atoms with van der Waals surface area (Å²) in [5, 5.41) is 30.3. The Morgan fingerprint density at radius 3 is 2.73 bits per heavy atom. The molecule has 0 fully saturated rings. The van der Waals surface area contributed by atoms with E-state index in [2.05, 4.69) is 4.98 Å². The summed E-state index contributed by atoms with van der Waals surface area (Å²) in [5.41, 5.74) is 6.45. The van der Waals surface area contributed by atoms with Crippen molar-refractivity contribution < 1.29 is 20.1 Å². The number of phenols is 2. The van der Waals surface area contributed by atoms with Crippen molar-refractivity contribution in [3.05, 3.63) is 28.6 Å². The molecule has 2 aromatic rings. The Morgan fingerprint density at radius 1 is 1.32 bits per heavy atom. The molecule has 0 aliphatic rings. The summed E-state index contributed by atoms with van der Waals surface area (Å²) >= 11 is 1.30. The SMILES string of the molecule is NC(=O)C(CCCCO)c1nc(-c2ccc(O)cc2O)cs1. The average Bonchev–Trinajstić information content (AvgIpc) is 2.92. The summed E-state index contributed by atoms with van der Waals surface area (Å²) in [6.07, 6.45) is 1.83. The zero-order valence-electron chi connectivity index (χ0n) is 11.9. The number of thiazole rings is 1. The van der Waals surface area contributed by atoms with E-state index >= 15 is 0 Å². The molecule has 1 amide bonds. The van der Waals surface area contributed by atoms with E-state index in [0.717, 1.165) is 0 Å². The van der Waals surface area contributed by atoms with Crippen molar-refractivity contribution in [2.75, 3.05) is 6.61 Å². The van der Waals surface area contributed by atoms with Crippen molar-refractivity contribution in [1.82, 2.24) is 4.98 Å². The Morgan fingerprint density at radius 2 is 2.09 bits per heavy atom. The van der Waals surface area contributed by atoms with Crippen LogP contribution in [-0.4, -0.2) is 32.8 Å². The molecule has 22 heavy (non-hydrogen) atoms. The third-order valence-electron chi connectivity index (χ3n) is 3.32. The smallest absolute Gasteiger partial charge is 0.227 e. The first-order valence-electron chi connectivity index (χ1n) is 6.91. The van der Waals surface area contributed by atoms with Crippen LogP contribution in [0.2, 0.25) is 0 Å². The largest absolute Gasteiger partial charge is 0.508 e. The van der Waals surface area contributed by atoms with E-state index < -0.39 is 11.8 Å². The van der Waals surface area contributed by atoms with E-state index in [1.807, 2.05) is 0 Å². The maximum absolute atomic E-state index is 11.6. The number of carbonyl (C=O) groups excluding carboxylic acids is 1. The van der Waals surface area contributed by atoms with Crippen LogP contribution < -0.4 is 5.73 Å². The van der Waals surface area contributed by atoms with Gasteiger partial charge in [0, 0.05) is 23.6 Å². The van der Waals surface area contributed by atoms with Crippen molar-refractivity contribution >= 4 is 17.2 Å². The van der Waals surface area contributed by atoms with Gasteiger partial charge in [-0.05, 0) is 31.4 Å². The molecule has 1 aromatic carbocycles. The highest BCUT2D eigenvalue weighted by Crippen LogP contribution is 2.35. The Bertz CT molecular complexity index is 657. The minimum absolute atomic E-state index is 0.0317. The van der Waals surface area contributed by atoms with Crippen molar-refractivity contribution in [2.24, 2.45) is 5.73 Å². The molecule has 0 spiro atoms. The zero-order chi connectivity index (χ0) is 16.1. The predicted octanol–water partition coefficient (Wildman–Crippen LogP) is 1.95. The standard InChI is InChI=1S/C15H18N2O4S/c16-14(21)11(3-1-2-6-18)15-17-12(8-22-15)10-5-4-9(19)7-13(10)20/h4-5,7-8,11,18-20H,1-3,6H2,(H2,16,21). The lowest BCUT2D eigenvalue weighted by Gasteiger charge is -2.09. The van der Waals surface area contributed by atoms with Gasteiger partial charge in [0.2, 0.25) is 5.91 Å². The number of unbranched alkanes of at least 4 members (excludes halogenated alkanes) is 1. The number of carbonyl (C=O) groups is 1. The fourth-order valence-electron chi connectivity index (χ4n) is 2.16. The lowest BCUT2D eigenvalue weighted by atomic mass is 10.0. The van der Waals surface area contributed by atoms with Gasteiger partial charge in [-0.1, -0.05) is 0 Å². The number of hydrogen-bond acceptors (Lipinski definition) is 6. The van der Waals surface area contributed by atoms with Crippen LogP contribution in [0.5, 0.6) is 11.5 Å². The van der Waals surface area contributed by atoms with E-state index in [4.69, 9.17) is 10.8 Å². The lowest BCUT2D eigenvalue weighted by molar-refractivity contribution is -0.119. The monoisotopic (exact) mass is 322 g/mol. The number of amides is 1. The minimum atomic E-state index is -0.496. The van der Waals surface area contributed by atoms with Crippen LogP contribution in [0.4, 0.5) is 0 Å². The summed E-state index contributed by atoms with van der Waals surface area (Å²) in [6.45, 7) is 0.0793. The first-order chi connectivity index (χ1) is 10.5. The fraction of sp³-hybridized carbons (Fsp3) is 0.333. The van der Waals surface area contributed by atoms with Crippen molar-refractivity contribution in [1.29, 1.82) is 0 Å². The van der Waals surface area contributed by atoms with Gasteiger partial charge in [-0.3, -0.25) is 4.79 Å². The second-order valence-electron chi connectivity index (χ2n) is 4.95. The second-order valence-corrected chi connectivity index (χ2v) is 5.84. The topological polar surface area (TPSA) is 117 Å². The number of hydrogen-bond donors (Lipinski definition) is 4. The first-order valence-corrected chi connectivity index (χ1v) is 7.79. The molecule has 7 heteroatoms. The molecular weight excluding hydrogens is 304 g/mol. The van der Waals surface area contributed by atoms with E-state index in [9.17, 15) is 15.0 Å². The number of phenolic OH excluding ortho intramolecular Hbond substituents is 2. The van der Waals surface area contributed by atoms with Crippen LogP contribution in [0.3, 0.4) is 0 Å². The first kappa shape index (κ1) is 16.3. The number of aromatic hydroxyl groups is 2. The number of primary amides is 1. The number of nitrogens with zero attached hydrogens (tertiary/aromatic N) is 1. The van der Waals surface area contributed by atoms with Gasteiger partial charge in [-0.2, -0.15) is 0 Å². The van der Waals surface area contributed by atoms with Crippen LogP contribution in [0.25, 0.3) is 11.3 Å². The normalized spacial score (nSPS) is 12.2. The van der Waals surface area contributed by atoms with Crippen molar-refractivity contribution in [3.8, 4) is 22.8 Å². The molecule has 0 aliphatic heterocycles. The molecule has 5 N–H and O–H groups in total. The minimum Gasteiger partial charge on any atom is -0.508 e. The van der Waals surface area contributed by atoms with Gasteiger partial charge in [0.05, 0.1) is 11.6 Å². The third kappa shape index (κ3) is 3.75. The molecule has 1 unspecified atom stereocenters.